The van der Waals surface area contributed by atoms with Gasteiger partial charge < -0.3 is 5.11 Å². The van der Waals surface area contributed by atoms with Crippen LogP contribution in [0.3, 0.4) is 0 Å². The zero-order chi connectivity index (χ0) is 13.2. The number of rotatable bonds is 2. The fraction of sp³-hybridized carbons (Fsp3) is 0. The zero-order valence-corrected chi connectivity index (χ0v) is 10.4. The van der Waals surface area contributed by atoms with E-state index >= 15 is 0 Å². The van der Waals surface area contributed by atoms with E-state index in [-0.39, 0.29) is 11.7 Å². The van der Waals surface area contributed by atoms with E-state index in [0.29, 0.717) is 10.0 Å². The van der Waals surface area contributed by atoms with Gasteiger partial charge in [-0.05, 0) is 30.3 Å². The maximum Gasteiger partial charge on any atom is 0.210 e. The molecule has 19 heavy (non-hydrogen) atoms. The second-order valence-corrected chi connectivity index (χ2v) is 4.80. The van der Waals surface area contributed by atoms with Crippen LogP contribution in [0.4, 0.5) is 4.39 Å². The number of aromatic nitrogens is 3. The highest BCUT2D eigenvalue weighted by Gasteiger charge is 2.09. The van der Waals surface area contributed by atoms with E-state index in [0.717, 1.165) is 11.1 Å². The van der Waals surface area contributed by atoms with Gasteiger partial charge in [-0.15, -0.1) is 10.2 Å². The summed E-state index contributed by atoms with van der Waals surface area (Å²) >= 11 is 1.38. The first kappa shape index (κ1) is 11.7. The molecule has 6 heteroatoms. The molecule has 2 heterocycles. The Morgan fingerprint density at radius 1 is 0.895 bits per heavy atom. The van der Waals surface area contributed by atoms with Gasteiger partial charge in [0.15, 0.2) is 0 Å². The lowest BCUT2D eigenvalue weighted by Gasteiger charge is -1.95. The SMILES string of the molecule is Oc1ccc(-c2nnc(-c3ccc(F)cc3)s2)cn1. The Morgan fingerprint density at radius 3 is 2.16 bits per heavy atom. The van der Waals surface area contributed by atoms with Gasteiger partial charge >= 0.3 is 0 Å². The molecule has 1 N–H and O–H groups in total. The number of hydrogen-bond acceptors (Lipinski definition) is 5. The van der Waals surface area contributed by atoms with Crippen LogP contribution < -0.4 is 0 Å². The molecule has 0 aliphatic rings. The van der Waals surface area contributed by atoms with Gasteiger partial charge in [0.05, 0.1) is 0 Å². The van der Waals surface area contributed by atoms with Gasteiger partial charge in [-0.2, -0.15) is 0 Å². The van der Waals surface area contributed by atoms with Crippen LogP contribution in [0.1, 0.15) is 0 Å². The number of aromatic hydroxyl groups is 1. The molecule has 0 unspecified atom stereocenters. The zero-order valence-electron chi connectivity index (χ0n) is 9.62. The molecule has 0 spiro atoms. The van der Waals surface area contributed by atoms with E-state index in [2.05, 4.69) is 15.2 Å². The van der Waals surface area contributed by atoms with E-state index in [1.807, 2.05) is 0 Å². The molecule has 3 rings (SSSR count). The minimum absolute atomic E-state index is 0.0352. The topological polar surface area (TPSA) is 58.9 Å². The van der Waals surface area contributed by atoms with Gasteiger partial charge in [-0.1, -0.05) is 11.3 Å². The van der Waals surface area contributed by atoms with Gasteiger partial charge in [-0.25, -0.2) is 9.37 Å². The van der Waals surface area contributed by atoms with Crippen molar-refractivity contribution in [2.45, 2.75) is 0 Å². The van der Waals surface area contributed by atoms with Crippen LogP contribution in [0.5, 0.6) is 5.88 Å². The van der Waals surface area contributed by atoms with Crippen molar-refractivity contribution in [1.29, 1.82) is 0 Å². The molecule has 1 aromatic carbocycles. The largest absolute Gasteiger partial charge is 0.493 e. The van der Waals surface area contributed by atoms with Crippen molar-refractivity contribution in [3.8, 4) is 27.0 Å². The average molecular weight is 273 g/mol. The Morgan fingerprint density at radius 2 is 1.53 bits per heavy atom. The van der Waals surface area contributed by atoms with E-state index < -0.39 is 0 Å². The summed E-state index contributed by atoms with van der Waals surface area (Å²) in [5.74, 6) is -0.316. The quantitative estimate of drug-likeness (QED) is 0.779. The average Bonchev–Trinajstić information content (AvgIpc) is 2.90. The predicted molar refractivity (Wildman–Crippen MR) is 70.2 cm³/mol. The highest BCUT2D eigenvalue weighted by Crippen LogP contribution is 2.29. The Hall–Kier alpha value is -2.34. The summed E-state index contributed by atoms with van der Waals surface area (Å²) in [6, 6.07) is 9.31. The fourth-order valence-electron chi connectivity index (χ4n) is 1.56. The highest BCUT2D eigenvalue weighted by molar-refractivity contribution is 7.17. The van der Waals surface area contributed by atoms with E-state index in [1.165, 1.54) is 35.7 Å². The van der Waals surface area contributed by atoms with E-state index in [1.54, 1.807) is 18.2 Å². The smallest absolute Gasteiger partial charge is 0.210 e. The summed E-state index contributed by atoms with van der Waals surface area (Å²) in [6.07, 6.45) is 1.53. The standard InChI is InChI=1S/C13H8FN3OS/c14-10-4-1-8(2-5-10)12-16-17-13(19-12)9-3-6-11(18)15-7-9/h1-7H,(H,15,18). The normalized spacial score (nSPS) is 10.6. The minimum atomic E-state index is -0.281. The lowest BCUT2D eigenvalue weighted by Crippen LogP contribution is -1.79. The third-order valence-electron chi connectivity index (χ3n) is 2.51. The second-order valence-electron chi connectivity index (χ2n) is 3.82. The number of halogens is 1. The van der Waals surface area contributed by atoms with Crippen LogP contribution in [0, 0.1) is 5.82 Å². The van der Waals surface area contributed by atoms with Crippen LogP contribution in [0.2, 0.25) is 0 Å². The van der Waals surface area contributed by atoms with Crippen LogP contribution in [-0.4, -0.2) is 20.3 Å². The molecule has 2 aromatic heterocycles. The number of hydrogen-bond donors (Lipinski definition) is 1. The molecule has 3 aromatic rings. The van der Waals surface area contributed by atoms with Crippen LogP contribution >= 0.6 is 11.3 Å². The molecule has 0 aliphatic carbocycles. The Balaban J connectivity index is 1.95. The van der Waals surface area contributed by atoms with Gasteiger partial charge in [-0.3, -0.25) is 0 Å². The maximum absolute atomic E-state index is 12.8. The maximum atomic E-state index is 12.8. The lowest BCUT2D eigenvalue weighted by atomic mass is 10.2. The van der Waals surface area contributed by atoms with Gasteiger partial charge in [0.2, 0.25) is 5.88 Å². The first-order valence-corrected chi connectivity index (χ1v) is 6.29. The third-order valence-corrected chi connectivity index (χ3v) is 3.53. The molecular formula is C13H8FN3OS. The van der Waals surface area contributed by atoms with Gasteiger partial charge in [0, 0.05) is 23.4 Å². The molecular weight excluding hydrogens is 265 g/mol. The van der Waals surface area contributed by atoms with E-state index in [9.17, 15) is 4.39 Å². The molecule has 0 bridgehead atoms. The summed E-state index contributed by atoms with van der Waals surface area (Å²) in [5.41, 5.74) is 1.60. The Kier molecular flexibility index (Phi) is 2.92. The minimum Gasteiger partial charge on any atom is -0.493 e. The van der Waals surface area contributed by atoms with Crippen LogP contribution in [-0.2, 0) is 0 Å². The molecule has 94 valence electrons. The van der Waals surface area contributed by atoms with Crippen molar-refractivity contribution < 1.29 is 9.50 Å². The van der Waals surface area contributed by atoms with E-state index in [4.69, 9.17) is 5.11 Å². The summed E-state index contributed by atoms with van der Waals surface area (Å²) in [6.45, 7) is 0. The Bertz CT molecular complexity index is 635. The fourth-order valence-corrected chi connectivity index (χ4v) is 2.40. The molecule has 0 fully saturated rings. The molecule has 0 atom stereocenters. The van der Waals surface area contributed by atoms with Crippen molar-refractivity contribution in [2.75, 3.05) is 0 Å². The van der Waals surface area contributed by atoms with Gasteiger partial charge in [0.25, 0.3) is 0 Å². The lowest BCUT2D eigenvalue weighted by molar-refractivity contribution is 0.453. The third kappa shape index (κ3) is 2.43. The predicted octanol–water partition coefficient (Wildman–Crippen LogP) is 3.11. The number of pyridine rings is 1. The monoisotopic (exact) mass is 273 g/mol. The van der Waals surface area contributed by atoms with Crippen molar-refractivity contribution in [1.82, 2.24) is 15.2 Å². The summed E-state index contributed by atoms with van der Waals surface area (Å²) < 4.78 is 12.8. The molecule has 0 aliphatic heterocycles. The van der Waals surface area contributed by atoms with Gasteiger partial charge in [0.1, 0.15) is 15.8 Å². The van der Waals surface area contributed by atoms with Crippen molar-refractivity contribution >= 4 is 11.3 Å². The summed E-state index contributed by atoms with van der Waals surface area (Å²) in [5, 5.41) is 18.7. The Labute approximate surface area is 112 Å². The summed E-state index contributed by atoms with van der Waals surface area (Å²) in [4.78, 5) is 3.79. The highest BCUT2D eigenvalue weighted by atomic mass is 32.1. The number of benzene rings is 1. The van der Waals surface area contributed by atoms with Crippen molar-refractivity contribution in [2.24, 2.45) is 0 Å². The van der Waals surface area contributed by atoms with Crippen LogP contribution in [0.25, 0.3) is 21.1 Å². The van der Waals surface area contributed by atoms with Crippen molar-refractivity contribution in [3.63, 3.8) is 0 Å². The second kappa shape index (κ2) is 4.74. The number of nitrogens with zero attached hydrogens (tertiary/aromatic N) is 3. The molecule has 0 saturated heterocycles. The van der Waals surface area contributed by atoms with Crippen molar-refractivity contribution in [3.05, 3.63) is 48.4 Å². The molecule has 0 radical (unpaired) electrons. The first-order valence-electron chi connectivity index (χ1n) is 5.47. The summed E-state index contributed by atoms with van der Waals surface area (Å²) in [7, 11) is 0. The molecule has 0 saturated carbocycles. The molecule has 0 amide bonds. The van der Waals surface area contributed by atoms with Crippen LogP contribution in [0.15, 0.2) is 42.6 Å². The molecule has 4 nitrogen and oxygen atoms in total. The first-order chi connectivity index (χ1) is 9.22.